The van der Waals surface area contributed by atoms with E-state index in [9.17, 15) is 0 Å². The first-order chi connectivity index (χ1) is 8.47. The standard InChI is InChI=1S/C13H20N4S/c1-5-9(4)18-13-16-11(6-8(2)3)10(7-14)12(15)17-13/h8-9H,5-6H2,1-4H3,(H2,15,16,17). The van der Waals surface area contributed by atoms with Crippen LogP contribution in [0.5, 0.6) is 0 Å². The van der Waals surface area contributed by atoms with Gasteiger partial charge in [-0.25, -0.2) is 9.97 Å². The molecule has 0 amide bonds. The maximum absolute atomic E-state index is 9.11. The normalized spacial score (nSPS) is 12.4. The van der Waals surface area contributed by atoms with Crippen molar-refractivity contribution in [3.05, 3.63) is 11.3 Å². The Morgan fingerprint density at radius 2 is 2.00 bits per heavy atom. The van der Waals surface area contributed by atoms with E-state index in [1.54, 1.807) is 11.8 Å². The predicted octanol–water partition coefficient (Wildman–Crippen LogP) is 3.02. The van der Waals surface area contributed by atoms with Gasteiger partial charge in [0.1, 0.15) is 17.5 Å². The lowest BCUT2D eigenvalue weighted by atomic mass is 10.0. The van der Waals surface area contributed by atoms with Gasteiger partial charge < -0.3 is 5.73 Å². The van der Waals surface area contributed by atoms with Gasteiger partial charge in [-0.2, -0.15) is 5.26 Å². The van der Waals surface area contributed by atoms with E-state index in [-0.39, 0.29) is 0 Å². The Kier molecular flexibility index (Phi) is 5.42. The summed E-state index contributed by atoms with van der Waals surface area (Å²) < 4.78 is 0. The van der Waals surface area contributed by atoms with Crippen LogP contribution in [-0.2, 0) is 6.42 Å². The van der Waals surface area contributed by atoms with Crippen LogP contribution in [-0.4, -0.2) is 15.2 Å². The molecule has 5 heteroatoms. The van der Waals surface area contributed by atoms with Crippen LogP contribution >= 0.6 is 11.8 Å². The van der Waals surface area contributed by atoms with Crippen molar-refractivity contribution < 1.29 is 0 Å². The Balaban J connectivity index is 3.10. The van der Waals surface area contributed by atoms with Crippen molar-refractivity contribution in [3.63, 3.8) is 0 Å². The molecule has 98 valence electrons. The van der Waals surface area contributed by atoms with E-state index in [0.717, 1.165) is 18.5 Å². The van der Waals surface area contributed by atoms with Crippen LogP contribution in [0.2, 0.25) is 0 Å². The molecule has 0 spiro atoms. The zero-order chi connectivity index (χ0) is 13.7. The lowest BCUT2D eigenvalue weighted by Gasteiger charge is -2.12. The van der Waals surface area contributed by atoms with E-state index < -0.39 is 0 Å². The Labute approximate surface area is 113 Å². The highest BCUT2D eigenvalue weighted by atomic mass is 32.2. The smallest absolute Gasteiger partial charge is 0.190 e. The average Bonchev–Trinajstić information content (AvgIpc) is 2.27. The van der Waals surface area contributed by atoms with Crippen molar-refractivity contribution in [1.29, 1.82) is 5.26 Å². The highest BCUT2D eigenvalue weighted by Gasteiger charge is 2.15. The summed E-state index contributed by atoms with van der Waals surface area (Å²) in [4.78, 5) is 8.69. The first kappa shape index (κ1) is 14.8. The van der Waals surface area contributed by atoms with Crippen LogP contribution in [0.15, 0.2) is 5.16 Å². The summed E-state index contributed by atoms with van der Waals surface area (Å²) >= 11 is 1.61. The number of nitrogen functional groups attached to an aromatic ring is 1. The van der Waals surface area contributed by atoms with Gasteiger partial charge in [0.05, 0.1) is 5.69 Å². The monoisotopic (exact) mass is 264 g/mol. The lowest BCUT2D eigenvalue weighted by molar-refractivity contribution is 0.626. The topological polar surface area (TPSA) is 75.6 Å². The Morgan fingerprint density at radius 1 is 1.33 bits per heavy atom. The summed E-state index contributed by atoms with van der Waals surface area (Å²) in [7, 11) is 0. The van der Waals surface area contributed by atoms with Crippen molar-refractivity contribution in [1.82, 2.24) is 9.97 Å². The molecule has 4 nitrogen and oxygen atoms in total. The molecule has 1 aromatic rings. The molecule has 0 fully saturated rings. The molecule has 18 heavy (non-hydrogen) atoms. The van der Waals surface area contributed by atoms with E-state index >= 15 is 0 Å². The van der Waals surface area contributed by atoms with Crippen LogP contribution in [0.25, 0.3) is 0 Å². The third-order valence-corrected chi connectivity index (χ3v) is 3.72. The molecule has 1 heterocycles. The van der Waals surface area contributed by atoms with E-state index in [0.29, 0.717) is 27.7 Å². The van der Waals surface area contributed by atoms with Gasteiger partial charge in [-0.3, -0.25) is 0 Å². The van der Waals surface area contributed by atoms with Gasteiger partial charge in [-0.05, 0) is 18.8 Å². The molecule has 0 aliphatic heterocycles. The number of thioether (sulfide) groups is 1. The molecule has 2 N–H and O–H groups in total. The zero-order valence-electron chi connectivity index (χ0n) is 11.4. The largest absolute Gasteiger partial charge is 0.382 e. The number of rotatable bonds is 5. The summed E-state index contributed by atoms with van der Waals surface area (Å²) in [5.74, 6) is 0.738. The molecule has 1 aromatic heterocycles. The van der Waals surface area contributed by atoms with E-state index in [1.165, 1.54) is 0 Å². The number of hydrogen-bond acceptors (Lipinski definition) is 5. The number of hydrogen-bond donors (Lipinski definition) is 1. The van der Waals surface area contributed by atoms with Gasteiger partial charge in [-0.15, -0.1) is 0 Å². The number of nitrogens with two attached hydrogens (primary N) is 1. The van der Waals surface area contributed by atoms with Gasteiger partial charge in [-0.1, -0.05) is 39.5 Å². The van der Waals surface area contributed by atoms with Crippen molar-refractivity contribution in [2.24, 2.45) is 5.92 Å². The number of anilines is 1. The fourth-order valence-corrected chi connectivity index (χ4v) is 2.32. The van der Waals surface area contributed by atoms with E-state index in [1.807, 2.05) is 0 Å². The molecular weight excluding hydrogens is 244 g/mol. The third kappa shape index (κ3) is 3.88. The SMILES string of the molecule is CCC(C)Sc1nc(N)c(C#N)c(CC(C)C)n1. The summed E-state index contributed by atoms with van der Waals surface area (Å²) in [6.45, 7) is 8.45. The quantitative estimate of drug-likeness (QED) is 0.653. The number of aromatic nitrogens is 2. The number of nitriles is 1. The number of nitrogens with zero attached hydrogens (tertiary/aromatic N) is 3. The summed E-state index contributed by atoms with van der Waals surface area (Å²) in [5.41, 5.74) is 7.04. The molecule has 0 aliphatic carbocycles. The summed E-state index contributed by atoms with van der Waals surface area (Å²) in [6.07, 6.45) is 1.80. The van der Waals surface area contributed by atoms with Crippen LogP contribution in [0.1, 0.15) is 45.4 Å². The first-order valence-corrected chi connectivity index (χ1v) is 7.09. The van der Waals surface area contributed by atoms with E-state index in [2.05, 4.69) is 43.7 Å². The molecule has 0 radical (unpaired) electrons. The second-order valence-electron chi connectivity index (χ2n) is 4.76. The van der Waals surface area contributed by atoms with Crippen LogP contribution < -0.4 is 5.73 Å². The second kappa shape index (κ2) is 6.60. The van der Waals surface area contributed by atoms with Crippen molar-refractivity contribution in [3.8, 4) is 6.07 Å². The van der Waals surface area contributed by atoms with Gasteiger partial charge in [0.2, 0.25) is 0 Å². The van der Waals surface area contributed by atoms with Crippen molar-refractivity contribution in [2.75, 3.05) is 5.73 Å². The molecule has 0 saturated carbocycles. The predicted molar refractivity (Wildman–Crippen MR) is 75.3 cm³/mol. The Bertz CT molecular complexity index is 451. The maximum Gasteiger partial charge on any atom is 0.190 e. The minimum atomic E-state index is 0.300. The average molecular weight is 264 g/mol. The molecule has 1 atom stereocenters. The zero-order valence-corrected chi connectivity index (χ0v) is 12.2. The van der Waals surface area contributed by atoms with E-state index in [4.69, 9.17) is 11.0 Å². The molecule has 1 unspecified atom stereocenters. The Morgan fingerprint density at radius 3 is 2.50 bits per heavy atom. The van der Waals surface area contributed by atoms with Gasteiger partial charge >= 0.3 is 0 Å². The third-order valence-electron chi connectivity index (χ3n) is 2.59. The van der Waals surface area contributed by atoms with Gasteiger partial charge in [0.15, 0.2) is 5.16 Å². The molecule has 0 aromatic carbocycles. The summed E-state index contributed by atoms with van der Waals surface area (Å²) in [5, 5.41) is 10.2. The minimum absolute atomic E-state index is 0.300. The molecule has 0 bridgehead atoms. The lowest BCUT2D eigenvalue weighted by Crippen LogP contribution is -2.08. The maximum atomic E-state index is 9.11. The van der Waals surface area contributed by atoms with Crippen molar-refractivity contribution in [2.45, 2.75) is 50.9 Å². The summed E-state index contributed by atoms with van der Waals surface area (Å²) in [6, 6.07) is 2.10. The highest BCUT2D eigenvalue weighted by molar-refractivity contribution is 7.99. The molecular formula is C13H20N4S. The Hall–Kier alpha value is -1.28. The van der Waals surface area contributed by atoms with Gasteiger partial charge in [0, 0.05) is 5.25 Å². The molecule has 1 rings (SSSR count). The fourth-order valence-electron chi connectivity index (χ4n) is 1.48. The highest BCUT2D eigenvalue weighted by Crippen LogP contribution is 2.25. The molecule has 0 saturated heterocycles. The van der Waals surface area contributed by atoms with Crippen LogP contribution in [0, 0.1) is 17.2 Å². The second-order valence-corrected chi connectivity index (χ2v) is 6.17. The van der Waals surface area contributed by atoms with Crippen LogP contribution in [0.4, 0.5) is 5.82 Å². The minimum Gasteiger partial charge on any atom is -0.382 e. The fraction of sp³-hybridized carbons (Fsp3) is 0.615. The van der Waals surface area contributed by atoms with Gasteiger partial charge in [0.25, 0.3) is 0 Å². The van der Waals surface area contributed by atoms with Crippen LogP contribution in [0.3, 0.4) is 0 Å². The first-order valence-electron chi connectivity index (χ1n) is 6.21. The van der Waals surface area contributed by atoms with Crippen molar-refractivity contribution >= 4 is 17.6 Å². The molecule has 0 aliphatic rings.